The first-order chi connectivity index (χ1) is 14.8. The summed E-state index contributed by atoms with van der Waals surface area (Å²) in [7, 11) is 0. The summed E-state index contributed by atoms with van der Waals surface area (Å²) in [6.07, 6.45) is -2.90. The largest absolute Gasteiger partial charge is 0.491 e. The van der Waals surface area contributed by atoms with Crippen molar-refractivity contribution in [2.45, 2.75) is 24.7 Å². The molecule has 1 aromatic heterocycles. The highest BCUT2D eigenvalue weighted by molar-refractivity contribution is 7.09. The molecule has 30 heavy (non-hydrogen) atoms. The molecule has 0 saturated carbocycles. The number of fused-ring (bicyclic) bond motifs is 1. The normalized spacial score (nSPS) is 21.0. The second kappa shape index (κ2) is 8.75. The number of aliphatic hydroxyl groups excluding tert-OH is 1. The number of thiazole rings is 1. The summed E-state index contributed by atoms with van der Waals surface area (Å²) < 4.78 is 52.9. The zero-order chi connectivity index (χ0) is 22.1. The predicted molar refractivity (Wildman–Crippen MR) is 109 cm³/mol. The molecule has 0 spiro atoms. The number of halogens is 3. The minimum absolute atomic E-state index is 0.0950. The predicted octanol–water partition coefficient (Wildman–Crippen LogP) is 4.55. The molecule has 3 aromatic rings. The van der Waals surface area contributed by atoms with E-state index in [-0.39, 0.29) is 18.9 Å². The molecule has 8 heteroatoms. The molecule has 0 radical (unpaired) electrons. The summed E-state index contributed by atoms with van der Waals surface area (Å²) in [5.41, 5.74) is 2.89. The third kappa shape index (κ3) is 4.66. The van der Waals surface area contributed by atoms with Crippen LogP contribution in [0.3, 0.4) is 0 Å². The third-order valence-corrected chi connectivity index (χ3v) is 5.74. The van der Waals surface area contributed by atoms with Gasteiger partial charge in [0.15, 0.2) is 0 Å². The van der Waals surface area contributed by atoms with E-state index in [1.54, 1.807) is 11.7 Å². The highest BCUT2D eigenvalue weighted by atomic mass is 32.1. The highest BCUT2D eigenvalue weighted by Gasteiger charge is 2.31. The Kier molecular flexibility index (Phi) is 5.70. The Morgan fingerprint density at radius 2 is 2.00 bits per heavy atom. The van der Waals surface area contributed by atoms with Crippen LogP contribution < -0.4 is 4.74 Å². The van der Waals surface area contributed by atoms with Gasteiger partial charge in [0.05, 0.1) is 18.5 Å². The number of rotatable bonds is 6. The van der Waals surface area contributed by atoms with Gasteiger partial charge in [-0.3, -0.25) is 9.88 Å². The number of benzene rings is 2. The Morgan fingerprint density at radius 3 is 2.70 bits per heavy atom. The molecule has 0 aliphatic carbocycles. The molecule has 1 aliphatic rings. The van der Waals surface area contributed by atoms with Gasteiger partial charge in [-0.05, 0) is 41.8 Å². The van der Waals surface area contributed by atoms with Crippen LogP contribution in [0.2, 0.25) is 0 Å². The van der Waals surface area contributed by atoms with Crippen LogP contribution in [0, 0.1) is 0 Å². The summed E-state index contributed by atoms with van der Waals surface area (Å²) in [6.45, 7) is 0.661. The van der Waals surface area contributed by atoms with Gasteiger partial charge in [0.2, 0.25) is 0 Å². The van der Waals surface area contributed by atoms with Crippen molar-refractivity contribution in [1.82, 2.24) is 9.88 Å². The summed E-state index contributed by atoms with van der Waals surface area (Å²) >= 11 is 1.39. The second-order valence-corrected chi connectivity index (χ2v) is 7.94. The van der Waals surface area contributed by atoms with Gasteiger partial charge in [-0.2, -0.15) is 13.2 Å². The number of hydrogen-bond donors (Lipinski definition) is 1. The smallest absolute Gasteiger partial charge is 0.416 e. The minimum Gasteiger partial charge on any atom is -0.491 e. The highest BCUT2D eigenvalue weighted by Crippen LogP contribution is 2.36. The van der Waals surface area contributed by atoms with E-state index >= 15 is 0 Å². The molecule has 0 saturated heterocycles. The van der Waals surface area contributed by atoms with Crippen LogP contribution in [0.15, 0.2) is 60.2 Å². The number of alkyl halides is 3. The zero-order valence-corrected chi connectivity index (χ0v) is 16.8. The van der Waals surface area contributed by atoms with E-state index in [2.05, 4.69) is 4.98 Å². The van der Waals surface area contributed by atoms with Gasteiger partial charge < -0.3 is 9.84 Å². The quantitative estimate of drug-likeness (QED) is 0.617. The number of aromatic nitrogens is 1. The number of hydrogen-bond acceptors (Lipinski definition) is 5. The fourth-order valence-corrected chi connectivity index (χ4v) is 4.26. The van der Waals surface area contributed by atoms with Gasteiger partial charge in [0.25, 0.3) is 0 Å². The number of aliphatic hydroxyl groups is 1. The van der Waals surface area contributed by atoms with Crippen LogP contribution in [0.25, 0.3) is 0 Å². The topological polar surface area (TPSA) is 45.6 Å². The lowest BCUT2D eigenvalue weighted by Crippen LogP contribution is -2.42. The Labute approximate surface area is 178 Å². The van der Waals surface area contributed by atoms with Gasteiger partial charge in [-0.25, -0.2) is 0 Å². The van der Waals surface area contributed by atoms with E-state index in [1.165, 1.54) is 23.5 Å². The maximum atomic E-state index is 12.7. The van der Waals surface area contributed by atoms with Crippen LogP contribution >= 0.6 is 11.3 Å². The first-order valence-electron chi connectivity index (χ1n) is 9.99. The molecule has 4 rings (SSSR count). The van der Waals surface area contributed by atoms with Crippen molar-refractivity contribution in [3.63, 3.8) is 0 Å². The molecule has 2 atom stereocenters. The molecular formula is C22H21F3N2O2S. The van der Waals surface area contributed by atoms with Gasteiger partial charge in [-0.1, -0.05) is 24.3 Å². The zero-order valence-electron chi connectivity index (χ0n) is 17.0. The van der Waals surface area contributed by atoms with Crippen molar-refractivity contribution in [3.05, 3.63) is 81.8 Å². The van der Waals surface area contributed by atoms with Crippen molar-refractivity contribution in [2.75, 3.05) is 19.7 Å². The van der Waals surface area contributed by atoms with Gasteiger partial charge in [0, 0.05) is 24.2 Å². The number of ether oxygens (including phenoxy) is 1. The van der Waals surface area contributed by atoms with E-state index in [9.17, 15) is 19.6 Å². The van der Waals surface area contributed by atoms with Crippen LogP contribution in [0.1, 0.15) is 29.0 Å². The summed E-state index contributed by atoms with van der Waals surface area (Å²) in [6, 6.07) is 11.0. The molecule has 1 N–H and O–H groups in total. The fourth-order valence-electron chi connectivity index (χ4n) is 3.55. The first kappa shape index (κ1) is 19.5. The molecular weight excluding hydrogens is 413 g/mol. The second-order valence-electron chi connectivity index (χ2n) is 7.05. The minimum atomic E-state index is -4.41. The summed E-state index contributed by atoms with van der Waals surface area (Å²) in [4.78, 5) is 6.79. The average molecular weight is 435 g/mol. The SMILES string of the molecule is [2H]C1(c2cncs2)c2ccccc2CCN1CC(O)COc1ccc(C(F)(F)F)cc1. The van der Waals surface area contributed by atoms with Crippen LogP contribution in [-0.2, 0) is 12.6 Å². The molecule has 0 amide bonds. The Bertz CT molecular complexity index is 1010. The third-order valence-electron chi connectivity index (χ3n) is 4.96. The standard InChI is InChI=1S/C22H21F3N2O2S/c23-22(24,25)16-5-7-18(8-6-16)29-13-17(28)12-27-10-9-15-3-1-2-4-19(15)21(27)20-11-26-14-30-20/h1-8,11,14,17,21,28H,9-10,12-13H2/i21D. The van der Waals surface area contributed by atoms with Crippen molar-refractivity contribution >= 4 is 11.3 Å². The fraction of sp³-hybridized carbons (Fsp3) is 0.318. The maximum absolute atomic E-state index is 12.7. The van der Waals surface area contributed by atoms with E-state index in [0.29, 0.717) is 6.54 Å². The van der Waals surface area contributed by atoms with Crippen molar-refractivity contribution in [3.8, 4) is 5.75 Å². The van der Waals surface area contributed by atoms with E-state index < -0.39 is 23.9 Å². The lowest BCUT2D eigenvalue weighted by Gasteiger charge is -2.37. The van der Waals surface area contributed by atoms with Crippen LogP contribution in [0.4, 0.5) is 13.2 Å². The lowest BCUT2D eigenvalue weighted by atomic mass is 9.91. The molecule has 4 nitrogen and oxygen atoms in total. The van der Waals surface area contributed by atoms with Gasteiger partial charge in [-0.15, -0.1) is 11.3 Å². The van der Waals surface area contributed by atoms with Crippen LogP contribution in [0.5, 0.6) is 5.75 Å². The summed E-state index contributed by atoms with van der Waals surface area (Å²) in [5, 5.41) is 10.6. The van der Waals surface area contributed by atoms with Crippen molar-refractivity contribution < 1.29 is 24.4 Å². The lowest BCUT2D eigenvalue weighted by molar-refractivity contribution is -0.137. The maximum Gasteiger partial charge on any atom is 0.416 e. The Hall–Kier alpha value is -2.42. The number of nitrogens with zero attached hydrogens (tertiary/aromatic N) is 2. The van der Waals surface area contributed by atoms with Gasteiger partial charge in [0.1, 0.15) is 18.5 Å². The monoisotopic (exact) mass is 435 g/mol. The molecule has 2 heterocycles. The van der Waals surface area contributed by atoms with Crippen LogP contribution in [-0.4, -0.2) is 40.8 Å². The summed E-state index contributed by atoms with van der Waals surface area (Å²) in [5.74, 6) is 0.246. The first-order valence-corrected chi connectivity index (χ1v) is 10.4. The molecule has 2 aromatic carbocycles. The molecule has 2 unspecified atom stereocenters. The van der Waals surface area contributed by atoms with Crippen molar-refractivity contribution in [2.24, 2.45) is 0 Å². The van der Waals surface area contributed by atoms with E-state index in [0.717, 1.165) is 34.6 Å². The molecule has 0 fully saturated rings. The average Bonchev–Trinajstić information content (AvgIpc) is 3.30. The number of β-amino-alcohol motifs (C(OH)–C–C–N with tert-alkyl or cyclic N) is 1. The van der Waals surface area contributed by atoms with E-state index in [4.69, 9.17) is 4.74 Å². The molecule has 1 aliphatic heterocycles. The Morgan fingerprint density at radius 1 is 1.23 bits per heavy atom. The Balaban J connectivity index is 1.47. The van der Waals surface area contributed by atoms with Crippen molar-refractivity contribution in [1.29, 1.82) is 0 Å². The van der Waals surface area contributed by atoms with E-state index in [1.807, 2.05) is 29.2 Å². The molecule has 0 bridgehead atoms. The molecule has 158 valence electrons. The van der Waals surface area contributed by atoms with Gasteiger partial charge >= 0.3 is 6.18 Å².